The summed E-state index contributed by atoms with van der Waals surface area (Å²) in [4.78, 5) is 0. The molecule has 0 rings (SSSR count). The van der Waals surface area contributed by atoms with Crippen LogP contribution in [0.5, 0.6) is 0 Å². The summed E-state index contributed by atoms with van der Waals surface area (Å²) in [5.74, 6) is 0. The molecule has 4 nitrogen and oxygen atoms in total. The van der Waals surface area contributed by atoms with Crippen LogP contribution in [0.25, 0.3) is 0 Å². The fraction of sp³-hybridized carbons (Fsp3) is 1.00. The van der Waals surface area contributed by atoms with Crippen molar-refractivity contribution in [3.05, 3.63) is 0 Å². The second-order valence-electron chi connectivity index (χ2n) is 6.04. The standard InChI is InChI=1S/C16H34O4S.K/c1-3-5-7-8-11-15(17)12-9-10-14-16(13-6-4-2)21(18,19)20;/h15-17H,3-14H2,1-2H3,(H,18,19,20);/q;+1/p-1. The Labute approximate surface area is 180 Å². The Kier molecular flexibility index (Phi) is 18.7. The summed E-state index contributed by atoms with van der Waals surface area (Å²) in [6, 6.07) is 0. The summed E-state index contributed by atoms with van der Waals surface area (Å²) in [6.07, 6.45) is 10.0. The molecule has 2 atom stereocenters. The largest absolute Gasteiger partial charge is 1.00 e. The maximum Gasteiger partial charge on any atom is 1.00 e. The van der Waals surface area contributed by atoms with Crippen LogP contribution < -0.4 is 51.4 Å². The monoisotopic (exact) mass is 360 g/mol. The first kappa shape index (κ1) is 25.7. The Balaban J connectivity index is 0. The molecule has 0 aromatic carbocycles. The smallest absolute Gasteiger partial charge is 0.748 e. The molecule has 128 valence electrons. The molecule has 0 aromatic heterocycles. The van der Waals surface area contributed by atoms with Crippen LogP contribution >= 0.6 is 0 Å². The molecule has 0 bridgehead atoms. The van der Waals surface area contributed by atoms with Crippen molar-refractivity contribution in [3.63, 3.8) is 0 Å². The molecule has 0 fully saturated rings. The van der Waals surface area contributed by atoms with Crippen LogP contribution in [-0.4, -0.2) is 29.4 Å². The van der Waals surface area contributed by atoms with E-state index in [9.17, 15) is 18.1 Å². The minimum absolute atomic E-state index is 0. The van der Waals surface area contributed by atoms with E-state index in [1.165, 1.54) is 19.3 Å². The van der Waals surface area contributed by atoms with Crippen LogP contribution in [0.2, 0.25) is 0 Å². The van der Waals surface area contributed by atoms with Crippen LogP contribution in [0.15, 0.2) is 0 Å². The Bertz CT molecular complexity index is 333. The first-order chi connectivity index (χ1) is 9.91. The average molecular weight is 361 g/mol. The van der Waals surface area contributed by atoms with Crippen molar-refractivity contribution in [1.82, 2.24) is 0 Å². The number of hydrogen-bond donors (Lipinski definition) is 1. The molecule has 0 aliphatic carbocycles. The number of hydrogen-bond acceptors (Lipinski definition) is 4. The zero-order valence-corrected chi connectivity index (χ0v) is 18.7. The molecule has 1 N–H and O–H groups in total. The summed E-state index contributed by atoms with van der Waals surface area (Å²) in [7, 11) is -4.17. The van der Waals surface area contributed by atoms with E-state index in [1.807, 2.05) is 6.92 Å². The Hall–Kier alpha value is 1.51. The molecule has 0 aliphatic rings. The minimum atomic E-state index is -4.17. The van der Waals surface area contributed by atoms with E-state index < -0.39 is 15.4 Å². The molecule has 0 amide bonds. The third-order valence-corrected chi connectivity index (χ3v) is 5.28. The molecule has 22 heavy (non-hydrogen) atoms. The summed E-state index contributed by atoms with van der Waals surface area (Å²) >= 11 is 0. The van der Waals surface area contributed by atoms with E-state index in [-0.39, 0.29) is 57.5 Å². The topological polar surface area (TPSA) is 77.4 Å². The molecule has 0 aliphatic heterocycles. The predicted octanol–water partition coefficient (Wildman–Crippen LogP) is 0.986. The van der Waals surface area contributed by atoms with Crippen LogP contribution in [0.4, 0.5) is 0 Å². The van der Waals surface area contributed by atoms with Gasteiger partial charge in [-0.15, -0.1) is 0 Å². The summed E-state index contributed by atoms with van der Waals surface area (Å²) in [5, 5.41) is 9.10. The Morgan fingerprint density at radius 3 is 1.77 bits per heavy atom. The van der Waals surface area contributed by atoms with Crippen molar-refractivity contribution < 1.29 is 69.5 Å². The summed E-state index contributed by atoms with van der Waals surface area (Å²) in [5.41, 5.74) is 0. The molecular formula is C16H33KO4S. The van der Waals surface area contributed by atoms with Crippen LogP contribution in [-0.2, 0) is 10.1 Å². The van der Waals surface area contributed by atoms with E-state index in [0.717, 1.165) is 32.1 Å². The molecule has 0 saturated heterocycles. The second-order valence-corrected chi connectivity index (χ2v) is 7.70. The summed E-state index contributed by atoms with van der Waals surface area (Å²) < 4.78 is 33.5. The van der Waals surface area contributed by atoms with Gasteiger partial charge in [-0.25, -0.2) is 8.42 Å². The van der Waals surface area contributed by atoms with Crippen LogP contribution in [0.3, 0.4) is 0 Å². The SMILES string of the molecule is CCCCCCC(O)CCCCC(CCCC)S(=O)(=O)[O-].[K+]. The Morgan fingerprint density at radius 1 is 0.818 bits per heavy atom. The van der Waals surface area contributed by atoms with E-state index in [4.69, 9.17) is 0 Å². The quantitative estimate of drug-likeness (QED) is 0.285. The van der Waals surface area contributed by atoms with Crippen molar-refractivity contribution in [2.24, 2.45) is 0 Å². The van der Waals surface area contributed by atoms with Gasteiger partial charge < -0.3 is 9.66 Å². The van der Waals surface area contributed by atoms with E-state index in [0.29, 0.717) is 25.7 Å². The van der Waals surface area contributed by atoms with Crippen LogP contribution in [0, 0.1) is 0 Å². The number of aliphatic hydroxyl groups excluding tert-OH is 1. The van der Waals surface area contributed by atoms with E-state index in [1.54, 1.807) is 0 Å². The van der Waals surface area contributed by atoms with Crippen molar-refractivity contribution >= 4 is 10.1 Å². The predicted molar refractivity (Wildman–Crippen MR) is 86.2 cm³/mol. The van der Waals surface area contributed by atoms with Gasteiger partial charge in [0, 0.05) is 5.25 Å². The third-order valence-electron chi connectivity index (χ3n) is 3.99. The third kappa shape index (κ3) is 15.1. The summed E-state index contributed by atoms with van der Waals surface area (Å²) in [6.45, 7) is 4.15. The molecule has 6 heteroatoms. The van der Waals surface area contributed by atoms with Gasteiger partial charge in [-0.1, -0.05) is 65.2 Å². The van der Waals surface area contributed by atoms with Gasteiger partial charge in [0.05, 0.1) is 16.2 Å². The zero-order chi connectivity index (χ0) is 16.1. The van der Waals surface area contributed by atoms with Gasteiger partial charge in [0.1, 0.15) is 0 Å². The number of aliphatic hydroxyl groups is 1. The van der Waals surface area contributed by atoms with E-state index in [2.05, 4.69) is 6.92 Å². The average Bonchev–Trinajstić information content (AvgIpc) is 2.41. The van der Waals surface area contributed by atoms with E-state index >= 15 is 0 Å². The fourth-order valence-corrected chi connectivity index (χ4v) is 3.48. The van der Waals surface area contributed by atoms with Gasteiger partial charge in [0.2, 0.25) is 0 Å². The number of unbranched alkanes of at least 4 members (excludes halogenated alkanes) is 5. The van der Waals surface area contributed by atoms with Gasteiger partial charge in [-0.3, -0.25) is 0 Å². The van der Waals surface area contributed by atoms with Crippen molar-refractivity contribution in [2.75, 3.05) is 0 Å². The Morgan fingerprint density at radius 2 is 1.27 bits per heavy atom. The maximum atomic E-state index is 11.2. The molecule has 0 heterocycles. The second kappa shape index (κ2) is 16.0. The zero-order valence-electron chi connectivity index (χ0n) is 14.7. The van der Waals surface area contributed by atoms with Gasteiger partial charge >= 0.3 is 51.4 Å². The fourth-order valence-electron chi connectivity index (χ4n) is 2.57. The van der Waals surface area contributed by atoms with Gasteiger partial charge in [-0.2, -0.15) is 0 Å². The number of rotatable bonds is 14. The van der Waals surface area contributed by atoms with Crippen molar-refractivity contribution in [1.29, 1.82) is 0 Å². The molecule has 0 saturated carbocycles. The molecule has 0 aromatic rings. The first-order valence-electron chi connectivity index (χ1n) is 8.54. The molecule has 0 spiro atoms. The molecule has 0 radical (unpaired) electrons. The van der Waals surface area contributed by atoms with Gasteiger partial charge in [0.15, 0.2) is 0 Å². The first-order valence-corrected chi connectivity index (χ1v) is 10.0. The van der Waals surface area contributed by atoms with Gasteiger partial charge in [-0.05, 0) is 25.7 Å². The normalized spacial score (nSPS) is 14.4. The van der Waals surface area contributed by atoms with Crippen LogP contribution in [0.1, 0.15) is 90.9 Å². The molecular weight excluding hydrogens is 327 g/mol. The van der Waals surface area contributed by atoms with Gasteiger partial charge in [0.25, 0.3) is 0 Å². The maximum absolute atomic E-state index is 11.2. The molecule has 2 unspecified atom stereocenters. The van der Waals surface area contributed by atoms with Crippen molar-refractivity contribution in [2.45, 2.75) is 102 Å². The van der Waals surface area contributed by atoms with Crippen molar-refractivity contribution in [3.8, 4) is 0 Å². The minimum Gasteiger partial charge on any atom is -0.748 e.